The molecule has 4 nitrogen and oxygen atoms in total. The Hall–Kier alpha value is -1.42. The van der Waals surface area contributed by atoms with Gasteiger partial charge in [-0.15, -0.1) is 0 Å². The maximum atomic E-state index is 12.3. The summed E-state index contributed by atoms with van der Waals surface area (Å²) in [6, 6.07) is 4.05. The molecule has 1 aromatic heterocycles. The first-order valence-electron chi connectivity index (χ1n) is 7.13. The van der Waals surface area contributed by atoms with Crippen LogP contribution in [0.15, 0.2) is 18.3 Å². The van der Waals surface area contributed by atoms with Gasteiger partial charge in [-0.3, -0.25) is 9.78 Å². The van der Waals surface area contributed by atoms with Crippen molar-refractivity contribution in [2.45, 2.75) is 53.1 Å². The van der Waals surface area contributed by atoms with E-state index >= 15 is 0 Å². The van der Waals surface area contributed by atoms with Gasteiger partial charge in [0.1, 0.15) is 0 Å². The van der Waals surface area contributed by atoms with Crippen LogP contribution in [0.5, 0.6) is 0 Å². The lowest BCUT2D eigenvalue weighted by Crippen LogP contribution is -2.76. The van der Waals surface area contributed by atoms with Crippen molar-refractivity contribution in [3.63, 3.8) is 0 Å². The first-order chi connectivity index (χ1) is 9.17. The summed E-state index contributed by atoms with van der Waals surface area (Å²) in [5.41, 5.74) is 7.96. The molecule has 1 amide bonds. The highest BCUT2D eigenvalue weighted by molar-refractivity contribution is 5.79. The molecule has 110 valence electrons. The highest BCUT2D eigenvalue weighted by Gasteiger charge is 2.60. The SMILES string of the molecule is Cc1cccnc1CC(=O)NC1C(C)(C)C(N)C1(C)C. The Morgan fingerprint density at radius 1 is 1.35 bits per heavy atom. The van der Waals surface area contributed by atoms with Gasteiger partial charge in [-0.1, -0.05) is 33.8 Å². The fourth-order valence-corrected chi connectivity index (χ4v) is 3.62. The number of carbonyl (C=O) groups is 1. The summed E-state index contributed by atoms with van der Waals surface area (Å²) in [6.07, 6.45) is 2.05. The third kappa shape index (κ3) is 2.33. The molecule has 0 atom stereocenters. The summed E-state index contributed by atoms with van der Waals surface area (Å²) in [7, 11) is 0. The van der Waals surface area contributed by atoms with Gasteiger partial charge in [0.2, 0.25) is 5.91 Å². The van der Waals surface area contributed by atoms with Crippen molar-refractivity contribution in [3.8, 4) is 0 Å². The van der Waals surface area contributed by atoms with E-state index in [0.29, 0.717) is 6.42 Å². The Morgan fingerprint density at radius 3 is 2.50 bits per heavy atom. The maximum Gasteiger partial charge on any atom is 0.226 e. The number of nitrogens with one attached hydrogen (secondary N) is 1. The monoisotopic (exact) mass is 275 g/mol. The second-order valence-corrected chi connectivity index (χ2v) is 7.06. The number of hydrogen-bond acceptors (Lipinski definition) is 3. The second kappa shape index (κ2) is 4.85. The number of amides is 1. The standard InChI is InChI=1S/C16H25N3O/c1-10-7-6-8-18-11(10)9-12(20)19-14-15(2,3)13(17)16(14,4)5/h6-8,13-14H,9,17H2,1-5H3,(H,19,20). The maximum absolute atomic E-state index is 12.3. The third-order valence-electron chi connectivity index (χ3n) is 4.84. The topological polar surface area (TPSA) is 68.0 Å². The summed E-state index contributed by atoms with van der Waals surface area (Å²) >= 11 is 0. The Labute approximate surface area is 121 Å². The van der Waals surface area contributed by atoms with Gasteiger partial charge in [0.15, 0.2) is 0 Å². The van der Waals surface area contributed by atoms with Crippen LogP contribution in [0.25, 0.3) is 0 Å². The van der Waals surface area contributed by atoms with Gasteiger partial charge in [0, 0.05) is 29.1 Å². The van der Waals surface area contributed by atoms with E-state index in [2.05, 4.69) is 38.0 Å². The van der Waals surface area contributed by atoms with E-state index in [1.54, 1.807) is 6.20 Å². The molecule has 1 aromatic rings. The third-order valence-corrected chi connectivity index (χ3v) is 4.84. The minimum atomic E-state index is -0.0711. The summed E-state index contributed by atoms with van der Waals surface area (Å²) in [5, 5.41) is 3.14. The molecule has 0 saturated heterocycles. The van der Waals surface area contributed by atoms with Gasteiger partial charge in [-0.05, 0) is 18.6 Å². The summed E-state index contributed by atoms with van der Waals surface area (Å²) in [6.45, 7) is 10.4. The number of pyridine rings is 1. The van der Waals surface area contributed by atoms with Gasteiger partial charge in [0.05, 0.1) is 12.1 Å². The van der Waals surface area contributed by atoms with Crippen molar-refractivity contribution in [2.75, 3.05) is 0 Å². The predicted molar refractivity (Wildman–Crippen MR) is 80.1 cm³/mol. The largest absolute Gasteiger partial charge is 0.352 e. The normalized spacial score (nSPS) is 26.7. The van der Waals surface area contributed by atoms with Crippen molar-refractivity contribution >= 4 is 5.91 Å². The van der Waals surface area contributed by atoms with Gasteiger partial charge in [-0.2, -0.15) is 0 Å². The van der Waals surface area contributed by atoms with E-state index in [1.165, 1.54) is 0 Å². The molecule has 0 aromatic carbocycles. The molecule has 3 N–H and O–H groups in total. The van der Waals surface area contributed by atoms with E-state index in [9.17, 15) is 4.79 Å². The summed E-state index contributed by atoms with van der Waals surface area (Å²) < 4.78 is 0. The Morgan fingerprint density at radius 2 is 1.95 bits per heavy atom. The number of rotatable bonds is 3. The molecule has 0 aliphatic heterocycles. The fourth-order valence-electron chi connectivity index (χ4n) is 3.62. The molecular weight excluding hydrogens is 250 g/mol. The minimum absolute atomic E-state index is 0.0184. The average molecular weight is 275 g/mol. The Bertz CT molecular complexity index is 506. The van der Waals surface area contributed by atoms with Crippen LogP contribution in [-0.2, 0) is 11.2 Å². The molecule has 0 unspecified atom stereocenters. The van der Waals surface area contributed by atoms with Crippen LogP contribution in [0.2, 0.25) is 0 Å². The van der Waals surface area contributed by atoms with E-state index in [0.717, 1.165) is 11.3 Å². The highest BCUT2D eigenvalue weighted by Crippen LogP contribution is 2.52. The Balaban J connectivity index is 2.04. The molecule has 1 heterocycles. The highest BCUT2D eigenvalue weighted by atomic mass is 16.1. The molecule has 0 bridgehead atoms. The lowest BCUT2D eigenvalue weighted by atomic mass is 9.48. The van der Waals surface area contributed by atoms with Crippen LogP contribution >= 0.6 is 0 Å². The molecular formula is C16H25N3O. The van der Waals surface area contributed by atoms with Gasteiger partial charge in [0.25, 0.3) is 0 Å². The minimum Gasteiger partial charge on any atom is -0.352 e. The zero-order chi connectivity index (χ0) is 15.1. The first kappa shape index (κ1) is 15.0. The number of aryl methyl sites for hydroxylation is 1. The van der Waals surface area contributed by atoms with Crippen LogP contribution in [0.4, 0.5) is 0 Å². The van der Waals surface area contributed by atoms with Gasteiger partial charge >= 0.3 is 0 Å². The number of hydrogen-bond donors (Lipinski definition) is 2. The van der Waals surface area contributed by atoms with Crippen LogP contribution in [0.3, 0.4) is 0 Å². The average Bonchev–Trinajstić information content (AvgIpc) is 2.37. The quantitative estimate of drug-likeness (QED) is 0.884. The fraction of sp³-hybridized carbons (Fsp3) is 0.625. The molecule has 20 heavy (non-hydrogen) atoms. The smallest absolute Gasteiger partial charge is 0.226 e. The molecule has 1 aliphatic rings. The van der Waals surface area contributed by atoms with E-state index in [4.69, 9.17) is 5.73 Å². The van der Waals surface area contributed by atoms with Crippen LogP contribution in [0.1, 0.15) is 39.0 Å². The molecule has 1 aliphatic carbocycles. The zero-order valence-electron chi connectivity index (χ0n) is 13.0. The van der Waals surface area contributed by atoms with Crippen molar-refractivity contribution in [2.24, 2.45) is 16.6 Å². The molecule has 4 heteroatoms. The molecule has 0 radical (unpaired) electrons. The lowest BCUT2D eigenvalue weighted by molar-refractivity contribution is -0.131. The molecule has 1 fully saturated rings. The molecule has 1 saturated carbocycles. The van der Waals surface area contributed by atoms with Crippen LogP contribution in [0, 0.1) is 17.8 Å². The van der Waals surface area contributed by atoms with Gasteiger partial charge in [-0.25, -0.2) is 0 Å². The second-order valence-electron chi connectivity index (χ2n) is 7.06. The predicted octanol–water partition coefficient (Wildman–Crippen LogP) is 1.81. The van der Waals surface area contributed by atoms with Gasteiger partial charge < -0.3 is 11.1 Å². The van der Waals surface area contributed by atoms with Crippen molar-refractivity contribution in [1.82, 2.24) is 10.3 Å². The number of nitrogens with two attached hydrogens (primary N) is 1. The number of aromatic nitrogens is 1. The van der Waals surface area contributed by atoms with Crippen molar-refractivity contribution < 1.29 is 4.79 Å². The number of carbonyl (C=O) groups excluding carboxylic acids is 1. The molecule has 0 spiro atoms. The first-order valence-corrected chi connectivity index (χ1v) is 7.13. The zero-order valence-corrected chi connectivity index (χ0v) is 13.0. The summed E-state index contributed by atoms with van der Waals surface area (Å²) in [5.74, 6) is 0.0184. The van der Waals surface area contributed by atoms with Crippen molar-refractivity contribution in [1.29, 1.82) is 0 Å². The van der Waals surface area contributed by atoms with E-state index in [1.807, 2.05) is 19.1 Å². The van der Waals surface area contributed by atoms with E-state index in [-0.39, 0.29) is 28.8 Å². The Kier molecular flexibility index (Phi) is 3.63. The summed E-state index contributed by atoms with van der Waals surface area (Å²) in [4.78, 5) is 16.5. The van der Waals surface area contributed by atoms with Crippen LogP contribution < -0.4 is 11.1 Å². The molecule has 2 rings (SSSR count). The number of nitrogens with zero attached hydrogens (tertiary/aromatic N) is 1. The lowest BCUT2D eigenvalue weighted by Gasteiger charge is -2.62. The van der Waals surface area contributed by atoms with Crippen molar-refractivity contribution in [3.05, 3.63) is 29.6 Å². The van der Waals surface area contributed by atoms with Crippen LogP contribution in [-0.4, -0.2) is 23.0 Å². The van der Waals surface area contributed by atoms with E-state index < -0.39 is 0 Å².